The number of likely N-dealkylation sites (tertiary alicyclic amines) is 1. The Morgan fingerprint density at radius 3 is 2.63 bits per heavy atom. The zero-order chi connectivity index (χ0) is 21.8. The van der Waals surface area contributed by atoms with Gasteiger partial charge in [-0.05, 0) is 45.7 Å². The molecule has 8 heteroatoms. The number of aromatic nitrogens is 1. The van der Waals surface area contributed by atoms with Crippen molar-refractivity contribution in [1.29, 1.82) is 0 Å². The number of morpholine rings is 1. The summed E-state index contributed by atoms with van der Waals surface area (Å²) < 4.78 is 10.9. The first-order chi connectivity index (χ1) is 14.2. The molecule has 0 aliphatic carbocycles. The second-order valence-electron chi connectivity index (χ2n) is 8.60. The lowest BCUT2D eigenvalue weighted by Gasteiger charge is -2.36. The van der Waals surface area contributed by atoms with Crippen molar-refractivity contribution in [3.63, 3.8) is 0 Å². The number of rotatable bonds is 4. The average molecular weight is 415 g/mol. The van der Waals surface area contributed by atoms with Gasteiger partial charge in [-0.15, -0.1) is 12.3 Å². The molecule has 2 aliphatic rings. The first-order valence-corrected chi connectivity index (χ1v) is 10.3. The highest BCUT2D eigenvalue weighted by atomic mass is 16.6. The van der Waals surface area contributed by atoms with Crippen LogP contribution in [0.1, 0.15) is 40.0 Å². The second-order valence-corrected chi connectivity index (χ2v) is 8.60. The lowest BCUT2D eigenvalue weighted by Crippen LogP contribution is -2.56. The topological polar surface area (TPSA) is 84.0 Å². The number of terminal acetylenes is 1. The molecule has 0 radical (unpaired) electrons. The van der Waals surface area contributed by atoms with Crippen molar-refractivity contribution in [2.24, 2.45) is 0 Å². The third-order valence-electron chi connectivity index (χ3n) is 5.29. The summed E-state index contributed by atoms with van der Waals surface area (Å²) in [7, 11) is 0. The van der Waals surface area contributed by atoms with Gasteiger partial charge in [0, 0.05) is 26.1 Å². The van der Waals surface area contributed by atoms with Crippen LogP contribution < -0.4 is 10.2 Å². The highest BCUT2D eigenvalue weighted by Crippen LogP contribution is 2.35. The van der Waals surface area contributed by atoms with E-state index >= 15 is 0 Å². The lowest BCUT2D eigenvalue weighted by atomic mass is 9.91. The Morgan fingerprint density at radius 2 is 2.03 bits per heavy atom. The number of pyridine rings is 1. The molecule has 30 heavy (non-hydrogen) atoms. The quantitative estimate of drug-likeness (QED) is 0.763. The molecule has 3 rings (SSSR count). The van der Waals surface area contributed by atoms with E-state index in [1.165, 1.54) is 4.90 Å². The molecule has 0 aromatic carbocycles. The van der Waals surface area contributed by atoms with Gasteiger partial charge in [-0.2, -0.15) is 0 Å². The van der Waals surface area contributed by atoms with E-state index in [2.05, 4.69) is 21.1 Å². The molecule has 1 aromatic heterocycles. The maximum atomic E-state index is 13.3. The molecule has 0 unspecified atom stereocenters. The third kappa shape index (κ3) is 4.85. The number of hydrogen-bond donors (Lipinski definition) is 1. The van der Waals surface area contributed by atoms with Crippen molar-refractivity contribution in [3.8, 4) is 12.3 Å². The predicted molar refractivity (Wildman–Crippen MR) is 114 cm³/mol. The van der Waals surface area contributed by atoms with Gasteiger partial charge in [0.2, 0.25) is 0 Å². The minimum absolute atomic E-state index is 0.115. The second kappa shape index (κ2) is 8.92. The van der Waals surface area contributed by atoms with E-state index in [0.29, 0.717) is 38.4 Å². The van der Waals surface area contributed by atoms with E-state index in [9.17, 15) is 9.59 Å². The zero-order valence-electron chi connectivity index (χ0n) is 17.9. The van der Waals surface area contributed by atoms with Gasteiger partial charge < -0.3 is 19.7 Å². The van der Waals surface area contributed by atoms with Crippen LogP contribution in [0.5, 0.6) is 0 Å². The zero-order valence-corrected chi connectivity index (χ0v) is 17.9. The van der Waals surface area contributed by atoms with Crippen molar-refractivity contribution >= 4 is 23.5 Å². The van der Waals surface area contributed by atoms with E-state index in [1.54, 1.807) is 33.0 Å². The van der Waals surface area contributed by atoms with Gasteiger partial charge >= 0.3 is 6.09 Å². The maximum absolute atomic E-state index is 13.3. The Morgan fingerprint density at radius 1 is 1.30 bits per heavy atom. The van der Waals surface area contributed by atoms with Gasteiger partial charge in [-0.3, -0.25) is 9.69 Å². The summed E-state index contributed by atoms with van der Waals surface area (Å²) >= 11 is 0. The van der Waals surface area contributed by atoms with Crippen molar-refractivity contribution in [1.82, 2.24) is 9.88 Å². The maximum Gasteiger partial charge on any atom is 0.411 e. The van der Waals surface area contributed by atoms with E-state index in [-0.39, 0.29) is 12.3 Å². The summed E-state index contributed by atoms with van der Waals surface area (Å²) in [5.74, 6) is 2.65. The summed E-state index contributed by atoms with van der Waals surface area (Å²) in [5.41, 5.74) is -0.817. The van der Waals surface area contributed by atoms with Crippen molar-refractivity contribution in [2.45, 2.75) is 51.2 Å². The fourth-order valence-corrected chi connectivity index (χ4v) is 3.83. The molecule has 0 spiro atoms. The summed E-state index contributed by atoms with van der Waals surface area (Å²) in [5, 5.41) is 2.85. The van der Waals surface area contributed by atoms with Gasteiger partial charge in [-0.25, -0.2) is 9.78 Å². The molecule has 8 nitrogen and oxygen atoms in total. The number of hydrogen-bond acceptors (Lipinski definition) is 6. The van der Waals surface area contributed by atoms with Crippen molar-refractivity contribution in [2.75, 3.05) is 43.1 Å². The molecular formula is C22H30N4O4. The molecule has 0 saturated carbocycles. The standard InChI is InChI=1S/C22H30N4O4/c1-5-9-22(10-6-11-26(22)20(28)30-21(2,3)4)19(27)24-18-8-7-17(16-23-18)25-12-14-29-15-13-25/h1,7-8,16H,6,9-15H2,2-4H3,(H,23,24,27)/t22-/m0/s1. The number of carbonyl (C=O) groups is 2. The minimum atomic E-state index is -1.14. The van der Waals surface area contributed by atoms with Crippen molar-refractivity contribution in [3.05, 3.63) is 18.3 Å². The monoisotopic (exact) mass is 414 g/mol. The van der Waals surface area contributed by atoms with Gasteiger partial charge in [0.25, 0.3) is 5.91 Å². The fraction of sp³-hybridized carbons (Fsp3) is 0.591. The van der Waals surface area contributed by atoms with Gasteiger partial charge in [0.15, 0.2) is 0 Å². The number of nitrogens with zero attached hydrogens (tertiary/aromatic N) is 3. The first kappa shape index (κ1) is 21.9. The summed E-state index contributed by atoms with van der Waals surface area (Å²) in [6.45, 7) is 8.80. The highest BCUT2D eigenvalue weighted by Gasteiger charge is 2.50. The Hall–Kier alpha value is -2.79. The molecule has 2 saturated heterocycles. The van der Waals surface area contributed by atoms with E-state index in [1.807, 2.05) is 6.07 Å². The van der Waals surface area contributed by atoms with Crippen LogP contribution in [0.25, 0.3) is 0 Å². The molecule has 0 bridgehead atoms. The smallest absolute Gasteiger partial charge is 0.411 e. The first-order valence-electron chi connectivity index (χ1n) is 10.3. The molecule has 1 atom stereocenters. The van der Waals surface area contributed by atoms with Crippen LogP contribution in [0.3, 0.4) is 0 Å². The van der Waals surface area contributed by atoms with Crippen LogP contribution in [0, 0.1) is 12.3 Å². The van der Waals surface area contributed by atoms with Crippen LogP contribution in [-0.4, -0.2) is 65.9 Å². The lowest BCUT2D eigenvalue weighted by molar-refractivity contribution is -0.126. The largest absolute Gasteiger partial charge is 0.444 e. The van der Waals surface area contributed by atoms with E-state index in [0.717, 1.165) is 18.8 Å². The Bertz CT molecular complexity index is 806. The van der Waals surface area contributed by atoms with Gasteiger partial charge in [0.05, 0.1) is 25.1 Å². The average Bonchev–Trinajstić information content (AvgIpc) is 3.13. The van der Waals surface area contributed by atoms with E-state index < -0.39 is 17.2 Å². The van der Waals surface area contributed by atoms with Crippen LogP contribution in [0.2, 0.25) is 0 Å². The summed E-state index contributed by atoms with van der Waals surface area (Å²) in [6, 6.07) is 3.68. The SMILES string of the molecule is C#CC[C@@]1(C(=O)Nc2ccc(N3CCOCC3)cn2)CCCN1C(=O)OC(C)(C)C. The van der Waals surface area contributed by atoms with Crippen LogP contribution in [0.15, 0.2) is 18.3 Å². The number of amides is 2. The van der Waals surface area contributed by atoms with Crippen LogP contribution in [0.4, 0.5) is 16.3 Å². The Balaban J connectivity index is 1.75. The molecule has 1 N–H and O–H groups in total. The Kier molecular flexibility index (Phi) is 6.52. The molecule has 2 aliphatic heterocycles. The van der Waals surface area contributed by atoms with Gasteiger partial charge in [-0.1, -0.05) is 0 Å². The number of nitrogens with one attached hydrogen (secondary N) is 1. The Labute approximate surface area is 177 Å². The minimum Gasteiger partial charge on any atom is -0.444 e. The number of anilines is 2. The summed E-state index contributed by atoms with van der Waals surface area (Å²) in [4.78, 5) is 34.1. The molecule has 3 heterocycles. The molecular weight excluding hydrogens is 384 g/mol. The number of ether oxygens (including phenoxy) is 2. The van der Waals surface area contributed by atoms with Gasteiger partial charge in [0.1, 0.15) is 17.0 Å². The highest BCUT2D eigenvalue weighted by molar-refractivity contribution is 6.00. The predicted octanol–water partition coefficient (Wildman–Crippen LogP) is 2.65. The molecule has 2 amide bonds. The molecule has 2 fully saturated rings. The molecule has 1 aromatic rings. The number of carbonyl (C=O) groups excluding carboxylic acids is 2. The van der Waals surface area contributed by atoms with Crippen LogP contribution in [-0.2, 0) is 14.3 Å². The van der Waals surface area contributed by atoms with E-state index in [4.69, 9.17) is 15.9 Å². The molecule has 162 valence electrons. The summed E-state index contributed by atoms with van der Waals surface area (Å²) in [6.07, 6.45) is 8.05. The third-order valence-corrected chi connectivity index (χ3v) is 5.29. The van der Waals surface area contributed by atoms with Crippen LogP contribution >= 0.6 is 0 Å². The normalized spacial score (nSPS) is 21.8. The van der Waals surface area contributed by atoms with Crippen molar-refractivity contribution < 1.29 is 19.1 Å². The fourth-order valence-electron chi connectivity index (χ4n) is 3.83.